The minimum atomic E-state index is -3.15. The highest BCUT2D eigenvalue weighted by atomic mass is 32.2. The van der Waals surface area contributed by atoms with Crippen LogP contribution in [-0.2, 0) is 21.2 Å². The van der Waals surface area contributed by atoms with E-state index >= 15 is 0 Å². The van der Waals surface area contributed by atoms with Gasteiger partial charge < -0.3 is 5.32 Å². The van der Waals surface area contributed by atoms with Crippen LogP contribution in [0.15, 0.2) is 53.4 Å². The molecule has 0 bridgehead atoms. The van der Waals surface area contributed by atoms with E-state index in [1.165, 1.54) is 12.5 Å². The first-order valence-electron chi connectivity index (χ1n) is 10.3. The van der Waals surface area contributed by atoms with Gasteiger partial charge in [-0.1, -0.05) is 31.2 Å². The largest absolute Gasteiger partial charge is 0.326 e. The Bertz CT molecular complexity index is 931. The van der Waals surface area contributed by atoms with Crippen LogP contribution in [0.4, 0.5) is 5.69 Å². The van der Waals surface area contributed by atoms with Crippen LogP contribution in [0.1, 0.15) is 50.2 Å². The second-order valence-electron chi connectivity index (χ2n) is 7.82. The molecule has 1 saturated heterocycles. The molecule has 1 aliphatic rings. The highest BCUT2D eigenvalue weighted by Gasteiger charge is 2.21. The summed E-state index contributed by atoms with van der Waals surface area (Å²) in [6.45, 7) is 6.26. The first-order valence-corrected chi connectivity index (χ1v) is 11.9. The maximum atomic E-state index is 12.2. The molecule has 0 radical (unpaired) electrons. The summed E-state index contributed by atoms with van der Waals surface area (Å²) < 4.78 is 24.3. The Morgan fingerprint density at radius 1 is 1.10 bits per heavy atom. The van der Waals surface area contributed by atoms with Gasteiger partial charge in [0.1, 0.15) is 0 Å². The normalized spacial score (nSPS) is 15.9. The van der Waals surface area contributed by atoms with E-state index in [0.717, 1.165) is 43.7 Å². The van der Waals surface area contributed by atoms with Crippen molar-refractivity contribution in [2.24, 2.45) is 0 Å². The highest BCUT2D eigenvalue weighted by Crippen LogP contribution is 2.30. The summed E-state index contributed by atoms with van der Waals surface area (Å²) in [6, 6.07) is 15.5. The minimum absolute atomic E-state index is 0.0505. The second kappa shape index (κ2) is 9.55. The lowest BCUT2D eigenvalue weighted by Gasteiger charge is -2.32. The van der Waals surface area contributed by atoms with Crippen LogP contribution < -0.4 is 5.32 Å². The maximum Gasteiger partial charge on any atom is 0.221 e. The first kappa shape index (κ1) is 21.5. The van der Waals surface area contributed by atoms with Gasteiger partial charge in [-0.15, -0.1) is 0 Å². The Morgan fingerprint density at radius 2 is 1.79 bits per heavy atom. The number of nitrogens with one attached hydrogen (secondary N) is 1. The SMILES string of the molecule is CCCS(=O)(=O)c1ccc(CN2CCC(c3cccc(NC(C)=O)c3)CC2)cc1. The number of likely N-dealkylation sites (tertiary alicyclic amines) is 1. The van der Waals surface area contributed by atoms with E-state index in [2.05, 4.69) is 22.3 Å². The van der Waals surface area contributed by atoms with Crippen LogP contribution in [-0.4, -0.2) is 38.1 Å². The number of carbonyl (C=O) groups is 1. The van der Waals surface area contributed by atoms with Crippen LogP contribution in [0.5, 0.6) is 0 Å². The lowest BCUT2D eigenvalue weighted by Crippen LogP contribution is -2.32. The monoisotopic (exact) mass is 414 g/mol. The Balaban J connectivity index is 1.55. The summed E-state index contributed by atoms with van der Waals surface area (Å²) in [5.41, 5.74) is 3.28. The van der Waals surface area contributed by atoms with Gasteiger partial charge in [0.2, 0.25) is 5.91 Å². The van der Waals surface area contributed by atoms with Gasteiger partial charge in [-0.05, 0) is 73.7 Å². The van der Waals surface area contributed by atoms with Crippen molar-refractivity contribution < 1.29 is 13.2 Å². The van der Waals surface area contributed by atoms with E-state index in [1.54, 1.807) is 12.1 Å². The van der Waals surface area contributed by atoms with Crippen molar-refractivity contribution in [3.8, 4) is 0 Å². The predicted molar refractivity (Wildman–Crippen MR) is 117 cm³/mol. The number of hydrogen-bond donors (Lipinski definition) is 1. The van der Waals surface area contributed by atoms with Crippen molar-refractivity contribution in [3.05, 3.63) is 59.7 Å². The van der Waals surface area contributed by atoms with Crippen molar-refractivity contribution in [1.29, 1.82) is 0 Å². The maximum absolute atomic E-state index is 12.2. The van der Waals surface area contributed by atoms with Crippen LogP contribution in [0.25, 0.3) is 0 Å². The highest BCUT2D eigenvalue weighted by molar-refractivity contribution is 7.91. The third kappa shape index (κ3) is 5.90. The third-order valence-electron chi connectivity index (χ3n) is 5.43. The fraction of sp³-hybridized carbons (Fsp3) is 0.435. The molecular formula is C23H30N2O3S. The van der Waals surface area contributed by atoms with Gasteiger partial charge in [0, 0.05) is 19.2 Å². The van der Waals surface area contributed by atoms with E-state index in [0.29, 0.717) is 17.2 Å². The van der Waals surface area contributed by atoms with E-state index in [4.69, 9.17) is 0 Å². The molecule has 1 aliphatic heterocycles. The summed E-state index contributed by atoms with van der Waals surface area (Å²) >= 11 is 0. The van der Waals surface area contributed by atoms with Crippen LogP contribution in [0.3, 0.4) is 0 Å². The standard InChI is InChI=1S/C23H30N2O3S/c1-3-15-29(27,28)23-9-7-19(8-10-23)17-25-13-11-20(12-14-25)21-5-4-6-22(16-21)24-18(2)26/h4-10,16,20H,3,11-15,17H2,1-2H3,(H,24,26). The van der Waals surface area contributed by atoms with Crippen molar-refractivity contribution in [3.63, 3.8) is 0 Å². The Labute approximate surface area is 174 Å². The smallest absolute Gasteiger partial charge is 0.221 e. The average Bonchev–Trinajstić information content (AvgIpc) is 2.69. The molecular weight excluding hydrogens is 384 g/mol. The Kier molecular flexibility index (Phi) is 7.09. The van der Waals surface area contributed by atoms with Crippen LogP contribution >= 0.6 is 0 Å². The molecule has 0 unspecified atom stereocenters. The quantitative estimate of drug-likeness (QED) is 0.737. The molecule has 2 aromatic carbocycles. The number of nitrogens with zero attached hydrogens (tertiary/aromatic N) is 1. The number of sulfone groups is 1. The molecule has 6 heteroatoms. The molecule has 1 fully saturated rings. The zero-order valence-electron chi connectivity index (χ0n) is 17.2. The zero-order valence-corrected chi connectivity index (χ0v) is 18.0. The summed E-state index contributed by atoms with van der Waals surface area (Å²) in [7, 11) is -3.15. The van der Waals surface area contributed by atoms with Gasteiger partial charge >= 0.3 is 0 Å². The fourth-order valence-corrected chi connectivity index (χ4v) is 5.27. The van der Waals surface area contributed by atoms with Crippen molar-refractivity contribution >= 4 is 21.4 Å². The van der Waals surface area contributed by atoms with Crippen molar-refractivity contribution in [2.45, 2.75) is 50.5 Å². The van der Waals surface area contributed by atoms with E-state index in [9.17, 15) is 13.2 Å². The molecule has 1 heterocycles. The van der Waals surface area contributed by atoms with E-state index in [-0.39, 0.29) is 11.7 Å². The molecule has 156 valence electrons. The van der Waals surface area contributed by atoms with Crippen molar-refractivity contribution in [2.75, 3.05) is 24.2 Å². The van der Waals surface area contributed by atoms with E-state index in [1.807, 2.05) is 31.2 Å². The van der Waals surface area contributed by atoms with Gasteiger partial charge in [0.05, 0.1) is 10.6 Å². The number of carbonyl (C=O) groups excluding carboxylic acids is 1. The number of hydrogen-bond acceptors (Lipinski definition) is 4. The predicted octanol–water partition coefficient (Wildman–Crippen LogP) is 4.21. The molecule has 3 rings (SSSR count). The number of rotatable bonds is 7. The minimum Gasteiger partial charge on any atom is -0.326 e. The topological polar surface area (TPSA) is 66.5 Å². The van der Waals surface area contributed by atoms with Crippen molar-refractivity contribution in [1.82, 2.24) is 4.90 Å². The van der Waals surface area contributed by atoms with Gasteiger partial charge in [0.15, 0.2) is 9.84 Å². The molecule has 0 saturated carbocycles. The molecule has 0 spiro atoms. The lowest BCUT2D eigenvalue weighted by atomic mass is 9.89. The summed E-state index contributed by atoms with van der Waals surface area (Å²) in [5, 5.41) is 2.86. The van der Waals surface area contributed by atoms with Gasteiger partial charge in [-0.3, -0.25) is 9.69 Å². The molecule has 29 heavy (non-hydrogen) atoms. The first-order chi connectivity index (χ1) is 13.9. The molecule has 5 nitrogen and oxygen atoms in total. The molecule has 0 aromatic heterocycles. The third-order valence-corrected chi connectivity index (χ3v) is 7.36. The number of benzene rings is 2. The molecule has 2 aromatic rings. The molecule has 1 N–H and O–H groups in total. The number of amides is 1. The Hall–Kier alpha value is -2.18. The van der Waals surface area contributed by atoms with Gasteiger partial charge in [0.25, 0.3) is 0 Å². The summed E-state index contributed by atoms with van der Waals surface area (Å²) in [6.07, 6.45) is 2.78. The average molecular weight is 415 g/mol. The van der Waals surface area contributed by atoms with Crippen LogP contribution in [0, 0.1) is 0 Å². The zero-order chi connectivity index (χ0) is 20.9. The van der Waals surface area contributed by atoms with Crippen LogP contribution in [0.2, 0.25) is 0 Å². The fourth-order valence-electron chi connectivity index (χ4n) is 3.95. The van der Waals surface area contributed by atoms with Gasteiger partial charge in [-0.2, -0.15) is 0 Å². The van der Waals surface area contributed by atoms with E-state index < -0.39 is 9.84 Å². The Morgan fingerprint density at radius 3 is 2.41 bits per heavy atom. The summed E-state index contributed by atoms with van der Waals surface area (Å²) in [4.78, 5) is 14.1. The molecule has 0 aliphatic carbocycles. The number of piperidine rings is 1. The van der Waals surface area contributed by atoms with Gasteiger partial charge in [-0.25, -0.2) is 8.42 Å². The number of anilines is 1. The second-order valence-corrected chi connectivity index (χ2v) is 9.93. The molecule has 0 atom stereocenters. The molecule has 1 amide bonds. The lowest BCUT2D eigenvalue weighted by molar-refractivity contribution is -0.114. The summed E-state index contributed by atoms with van der Waals surface area (Å²) in [5.74, 6) is 0.648.